The first-order chi connectivity index (χ1) is 11.0. The van der Waals surface area contributed by atoms with E-state index in [2.05, 4.69) is 14.9 Å². The number of H-pyrrole nitrogens is 1. The van der Waals surface area contributed by atoms with Gasteiger partial charge in [0, 0.05) is 22.7 Å². The zero-order chi connectivity index (χ0) is 16.4. The van der Waals surface area contributed by atoms with Crippen molar-refractivity contribution in [2.24, 2.45) is 5.10 Å². The first kappa shape index (κ1) is 15.3. The van der Waals surface area contributed by atoms with Gasteiger partial charge in [0.15, 0.2) is 0 Å². The minimum absolute atomic E-state index is 0.193. The Kier molecular flexibility index (Phi) is 3.92. The number of rotatable bonds is 4. The van der Waals surface area contributed by atoms with E-state index in [-0.39, 0.29) is 4.90 Å². The Morgan fingerprint density at radius 3 is 2.52 bits per heavy atom. The summed E-state index contributed by atoms with van der Waals surface area (Å²) in [7, 11) is -3.66. The monoisotopic (exact) mass is 327 g/mol. The summed E-state index contributed by atoms with van der Waals surface area (Å²) in [5, 5.41) is 5.05. The Morgan fingerprint density at radius 2 is 1.78 bits per heavy atom. The largest absolute Gasteiger partial charge is 0.360 e. The molecule has 118 valence electrons. The highest BCUT2D eigenvalue weighted by Crippen LogP contribution is 2.18. The second-order valence-corrected chi connectivity index (χ2v) is 7.01. The minimum Gasteiger partial charge on any atom is -0.360 e. The molecule has 0 spiro atoms. The number of sulfonamides is 1. The van der Waals surface area contributed by atoms with E-state index in [0.29, 0.717) is 5.71 Å². The second kappa shape index (κ2) is 5.89. The summed E-state index contributed by atoms with van der Waals surface area (Å²) in [6, 6.07) is 14.4. The number of aromatic amines is 1. The summed E-state index contributed by atoms with van der Waals surface area (Å²) in [4.78, 5) is 5.63. The molecule has 2 N–H and O–H groups in total. The van der Waals surface area contributed by atoms with Gasteiger partial charge in [0.05, 0.1) is 10.6 Å². The molecule has 0 atom stereocenters. The van der Waals surface area contributed by atoms with Crippen LogP contribution >= 0.6 is 0 Å². The number of nitrogens with one attached hydrogen (secondary N) is 2. The number of nitrogens with zero attached hydrogens (tertiary/aromatic N) is 1. The lowest BCUT2D eigenvalue weighted by Crippen LogP contribution is -2.19. The molecule has 0 bridgehead atoms. The van der Waals surface area contributed by atoms with E-state index in [1.54, 1.807) is 31.2 Å². The summed E-state index contributed by atoms with van der Waals surface area (Å²) >= 11 is 0. The standard InChI is InChI=1S/C17H17N3O2S/c1-12-7-9-14(10-8-12)23(21,22)20-19-13(2)16-11-18-17-6-4-3-5-15(16)17/h3-11,18,20H,1-2H3/b19-13+. The van der Waals surface area contributed by atoms with E-state index in [4.69, 9.17) is 0 Å². The van der Waals surface area contributed by atoms with Crippen LogP contribution < -0.4 is 4.83 Å². The van der Waals surface area contributed by atoms with Crippen LogP contribution in [-0.4, -0.2) is 19.1 Å². The van der Waals surface area contributed by atoms with Crippen molar-refractivity contribution in [2.75, 3.05) is 0 Å². The number of hydrogen-bond donors (Lipinski definition) is 2. The van der Waals surface area contributed by atoms with Gasteiger partial charge in [0.2, 0.25) is 0 Å². The maximum Gasteiger partial charge on any atom is 0.276 e. The van der Waals surface area contributed by atoms with Crippen molar-refractivity contribution in [3.05, 3.63) is 65.9 Å². The van der Waals surface area contributed by atoms with Crippen molar-refractivity contribution in [3.8, 4) is 0 Å². The van der Waals surface area contributed by atoms with Crippen LogP contribution in [0.4, 0.5) is 0 Å². The fraction of sp³-hybridized carbons (Fsp3) is 0.118. The molecule has 1 aromatic heterocycles. The van der Waals surface area contributed by atoms with Crippen LogP contribution in [0.1, 0.15) is 18.1 Å². The highest BCUT2D eigenvalue weighted by atomic mass is 32.2. The summed E-state index contributed by atoms with van der Waals surface area (Å²) in [6.07, 6.45) is 1.82. The number of aromatic nitrogens is 1. The Hall–Kier alpha value is -2.60. The van der Waals surface area contributed by atoms with E-state index in [1.807, 2.05) is 37.4 Å². The van der Waals surface area contributed by atoms with Gasteiger partial charge in [-0.25, -0.2) is 0 Å². The van der Waals surface area contributed by atoms with Crippen LogP contribution in [0.3, 0.4) is 0 Å². The molecule has 0 aliphatic carbocycles. The molecule has 0 radical (unpaired) electrons. The lowest BCUT2D eigenvalue weighted by molar-refractivity contribution is 0.584. The highest BCUT2D eigenvalue weighted by molar-refractivity contribution is 7.89. The Balaban J connectivity index is 1.88. The van der Waals surface area contributed by atoms with Crippen molar-refractivity contribution >= 4 is 26.6 Å². The average Bonchev–Trinajstić information content (AvgIpc) is 2.97. The molecule has 23 heavy (non-hydrogen) atoms. The van der Waals surface area contributed by atoms with E-state index < -0.39 is 10.0 Å². The molecule has 5 nitrogen and oxygen atoms in total. The van der Waals surface area contributed by atoms with Gasteiger partial charge in [-0.05, 0) is 32.0 Å². The Bertz CT molecular complexity index is 971. The number of fused-ring (bicyclic) bond motifs is 1. The zero-order valence-electron chi connectivity index (χ0n) is 12.9. The van der Waals surface area contributed by atoms with E-state index in [1.165, 1.54) is 0 Å². The third-order valence-corrected chi connectivity index (χ3v) is 4.87. The smallest absolute Gasteiger partial charge is 0.276 e. The molecular formula is C17H17N3O2S. The van der Waals surface area contributed by atoms with Gasteiger partial charge in [-0.1, -0.05) is 35.9 Å². The Morgan fingerprint density at radius 1 is 1.09 bits per heavy atom. The summed E-state index contributed by atoms with van der Waals surface area (Å²) < 4.78 is 24.5. The van der Waals surface area contributed by atoms with Crippen LogP contribution in [0.5, 0.6) is 0 Å². The molecular weight excluding hydrogens is 310 g/mol. The van der Waals surface area contributed by atoms with Crippen LogP contribution in [-0.2, 0) is 10.0 Å². The number of hydrazone groups is 1. The summed E-state index contributed by atoms with van der Waals surface area (Å²) in [5.41, 5.74) is 3.45. The summed E-state index contributed by atoms with van der Waals surface area (Å²) in [6.45, 7) is 3.68. The van der Waals surface area contributed by atoms with Gasteiger partial charge >= 0.3 is 0 Å². The molecule has 2 aromatic carbocycles. The normalized spacial score (nSPS) is 12.5. The van der Waals surface area contributed by atoms with E-state index in [0.717, 1.165) is 22.0 Å². The molecule has 0 saturated carbocycles. The van der Waals surface area contributed by atoms with Crippen molar-refractivity contribution < 1.29 is 8.42 Å². The molecule has 0 fully saturated rings. The van der Waals surface area contributed by atoms with Crippen molar-refractivity contribution in [1.29, 1.82) is 0 Å². The van der Waals surface area contributed by atoms with Gasteiger partial charge in [-0.15, -0.1) is 0 Å². The number of hydrogen-bond acceptors (Lipinski definition) is 3. The number of benzene rings is 2. The van der Waals surface area contributed by atoms with Crippen molar-refractivity contribution in [1.82, 2.24) is 9.82 Å². The van der Waals surface area contributed by atoms with Crippen molar-refractivity contribution in [3.63, 3.8) is 0 Å². The zero-order valence-corrected chi connectivity index (χ0v) is 13.7. The van der Waals surface area contributed by atoms with Crippen molar-refractivity contribution in [2.45, 2.75) is 18.7 Å². The predicted octanol–water partition coefficient (Wildman–Crippen LogP) is 3.18. The number of aryl methyl sites for hydroxylation is 1. The third kappa shape index (κ3) is 3.12. The lowest BCUT2D eigenvalue weighted by atomic mass is 10.1. The van der Waals surface area contributed by atoms with Gasteiger partial charge in [-0.2, -0.15) is 18.4 Å². The van der Waals surface area contributed by atoms with Gasteiger partial charge < -0.3 is 4.98 Å². The first-order valence-corrected chi connectivity index (χ1v) is 8.65. The quantitative estimate of drug-likeness (QED) is 0.570. The average molecular weight is 327 g/mol. The molecule has 3 aromatic rings. The highest BCUT2D eigenvalue weighted by Gasteiger charge is 2.13. The molecule has 0 aliphatic heterocycles. The molecule has 3 rings (SSSR count). The van der Waals surface area contributed by atoms with Gasteiger partial charge in [0.25, 0.3) is 10.0 Å². The van der Waals surface area contributed by atoms with E-state index in [9.17, 15) is 8.42 Å². The molecule has 0 saturated heterocycles. The topological polar surface area (TPSA) is 74.3 Å². The second-order valence-electron chi connectivity index (χ2n) is 5.35. The van der Waals surface area contributed by atoms with Crippen LogP contribution in [0.15, 0.2) is 64.7 Å². The Labute approximate surface area is 135 Å². The molecule has 0 unspecified atom stereocenters. The maximum absolute atomic E-state index is 12.3. The fourth-order valence-corrected chi connectivity index (χ4v) is 3.19. The maximum atomic E-state index is 12.3. The predicted molar refractivity (Wildman–Crippen MR) is 92.0 cm³/mol. The molecule has 6 heteroatoms. The molecule has 0 amide bonds. The van der Waals surface area contributed by atoms with Gasteiger partial charge in [-0.3, -0.25) is 0 Å². The minimum atomic E-state index is -3.66. The summed E-state index contributed by atoms with van der Waals surface area (Å²) in [5.74, 6) is 0. The molecule has 0 aliphatic rings. The van der Waals surface area contributed by atoms with E-state index >= 15 is 0 Å². The third-order valence-electron chi connectivity index (χ3n) is 3.64. The lowest BCUT2D eigenvalue weighted by Gasteiger charge is -2.05. The molecule has 1 heterocycles. The first-order valence-electron chi connectivity index (χ1n) is 7.16. The SMILES string of the molecule is C/C(=N\NS(=O)(=O)c1ccc(C)cc1)c1c[nH]c2ccccc12. The van der Waals surface area contributed by atoms with Crippen LogP contribution in [0.25, 0.3) is 10.9 Å². The fourth-order valence-electron chi connectivity index (χ4n) is 2.33. The van der Waals surface area contributed by atoms with Crippen LogP contribution in [0.2, 0.25) is 0 Å². The van der Waals surface area contributed by atoms with Gasteiger partial charge in [0.1, 0.15) is 0 Å². The van der Waals surface area contributed by atoms with Crippen LogP contribution in [0, 0.1) is 6.92 Å². The number of para-hydroxylation sites is 1.